The van der Waals surface area contributed by atoms with Crippen LogP contribution < -0.4 is 0 Å². The number of aryl methyl sites for hydroxylation is 1. The van der Waals surface area contributed by atoms with Crippen molar-refractivity contribution in [3.8, 4) is 0 Å². The minimum absolute atomic E-state index is 0.0523. The highest BCUT2D eigenvalue weighted by Gasteiger charge is 2.27. The Morgan fingerprint density at radius 2 is 2.35 bits per heavy atom. The standard InChI is InChI=1S/C13H16BrNO2/c1-9-2-3-12(14)11(6-9)13(17)15-5-4-10(7-15)8-16/h2-3,6,10,16H,4-5,7-8H2,1H3. The summed E-state index contributed by atoms with van der Waals surface area (Å²) in [6.45, 7) is 3.54. The number of halogens is 1. The Bertz CT molecular complexity index is 433. The van der Waals surface area contributed by atoms with Crippen LogP contribution >= 0.6 is 15.9 Å². The third-order valence-electron chi connectivity index (χ3n) is 3.18. The number of amides is 1. The molecule has 4 heteroatoms. The molecule has 1 saturated heterocycles. The number of rotatable bonds is 2. The molecular formula is C13H16BrNO2. The van der Waals surface area contributed by atoms with Crippen molar-refractivity contribution in [2.75, 3.05) is 19.7 Å². The van der Waals surface area contributed by atoms with Crippen molar-refractivity contribution < 1.29 is 9.90 Å². The molecule has 0 spiro atoms. The first-order valence-electron chi connectivity index (χ1n) is 5.78. The van der Waals surface area contributed by atoms with E-state index in [0.717, 1.165) is 23.0 Å². The minimum Gasteiger partial charge on any atom is -0.396 e. The van der Waals surface area contributed by atoms with Crippen LogP contribution in [0.4, 0.5) is 0 Å². The summed E-state index contributed by atoms with van der Waals surface area (Å²) >= 11 is 3.41. The van der Waals surface area contributed by atoms with Gasteiger partial charge in [-0.3, -0.25) is 4.79 Å². The summed E-state index contributed by atoms with van der Waals surface area (Å²) in [4.78, 5) is 14.1. The molecule has 1 aromatic carbocycles. The van der Waals surface area contributed by atoms with E-state index < -0.39 is 0 Å². The number of aliphatic hydroxyl groups is 1. The fourth-order valence-corrected chi connectivity index (χ4v) is 2.56. The van der Waals surface area contributed by atoms with E-state index in [1.807, 2.05) is 30.0 Å². The SMILES string of the molecule is Cc1ccc(Br)c(C(=O)N2CCC(CO)C2)c1. The molecule has 0 aromatic heterocycles. The van der Waals surface area contributed by atoms with E-state index in [1.165, 1.54) is 0 Å². The van der Waals surface area contributed by atoms with E-state index in [4.69, 9.17) is 5.11 Å². The molecule has 1 aromatic rings. The lowest BCUT2D eigenvalue weighted by molar-refractivity contribution is 0.0781. The second-order valence-electron chi connectivity index (χ2n) is 4.57. The number of carbonyl (C=O) groups excluding carboxylic acids is 1. The molecule has 1 fully saturated rings. The maximum Gasteiger partial charge on any atom is 0.255 e. The van der Waals surface area contributed by atoms with Crippen molar-refractivity contribution >= 4 is 21.8 Å². The van der Waals surface area contributed by atoms with Crippen molar-refractivity contribution in [1.82, 2.24) is 4.90 Å². The van der Waals surface area contributed by atoms with E-state index in [0.29, 0.717) is 12.1 Å². The number of carbonyl (C=O) groups is 1. The topological polar surface area (TPSA) is 40.5 Å². The van der Waals surface area contributed by atoms with Gasteiger partial charge in [-0.1, -0.05) is 11.6 Å². The van der Waals surface area contributed by atoms with Crippen LogP contribution in [0.3, 0.4) is 0 Å². The first-order chi connectivity index (χ1) is 8.11. The summed E-state index contributed by atoms with van der Waals surface area (Å²) in [5.41, 5.74) is 1.79. The fourth-order valence-electron chi connectivity index (χ4n) is 2.14. The lowest BCUT2D eigenvalue weighted by Crippen LogP contribution is -2.29. The third-order valence-corrected chi connectivity index (χ3v) is 3.88. The van der Waals surface area contributed by atoms with Crippen LogP contribution in [0.1, 0.15) is 22.3 Å². The van der Waals surface area contributed by atoms with Gasteiger partial charge in [-0.2, -0.15) is 0 Å². The summed E-state index contributed by atoms with van der Waals surface area (Å²) in [6, 6.07) is 5.78. The largest absolute Gasteiger partial charge is 0.396 e. The molecule has 1 aliphatic rings. The van der Waals surface area contributed by atoms with Crippen molar-refractivity contribution in [3.63, 3.8) is 0 Å². The van der Waals surface area contributed by atoms with E-state index in [2.05, 4.69) is 15.9 Å². The normalized spacial score (nSPS) is 19.7. The summed E-state index contributed by atoms with van der Waals surface area (Å²) in [6.07, 6.45) is 0.895. The Morgan fingerprint density at radius 3 is 3.00 bits per heavy atom. The molecule has 92 valence electrons. The predicted octanol–water partition coefficient (Wildman–Crippen LogP) is 2.21. The number of likely N-dealkylation sites (tertiary alicyclic amines) is 1. The summed E-state index contributed by atoms with van der Waals surface area (Å²) in [5, 5.41) is 9.09. The number of aliphatic hydroxyl groups excluding tert-OH is 1. The molecule has 0 saturated carbocycles. The zero-order chi connectivity index (χ0) is 12.4. The van der Waals surface area contributed by atoms with Crippen LogP contribution in [-0.4, -0.2) is 35.6 Å². The van der Waals surface area contributed by atoms with Crippen LogP contribution in [-0.2, 0) is 0 Å². The molecule has 2 rings (SSSR count). The predicted molar refractivity (Wildman–Crippen MR) is 70.0 cm³/mol. The van der Waals surface area contributed by atoms with Gasteiger partial charge in [-0.15, -0.1) is 0 Å². The third kappa shape index (κ3) is 2.69. The van der Waals surface area contributed by atoms with Crippen LogP contribution in [0.25, 0.3) is 0 Å². The van der Waals surface area contributed by atoms with Gasteiger partial charge < -0.3 is 10.0 Å². The van der Waals surface area contributed by atoms with E-state index >= 15 is 0 Å². The van der Waals surface area contributed by atoms with Gasteiger partial charge in [0.1, 0.15) is 0 Å². The van der Waals surface area contributed by atoms with Gasteiger partial charge in [0.25, 0.3) is 5.91 Å². The monoisotopic (exact) mass is 297 g/mol. The van der Waals surface area contributed by atoms with Gasteiger partial charge in [0.15, 0.2) is 0 Å². The number of hydrogen-bond donors (Lipinski definition) is 1. The molecule has 1 atom stereocenters. The van der Waals surface area contributed by atoms with Gasteiger partial charge >= 0.3 is 0 Å². The molecule has 1 N–H and O–H groups in total. The van der Waals surface area contributed by atoms with Gasteiger partial charge in [-0.25, -0.2) is 0 Å². The fraction of sp³-hybridized carbons (Fsp3) is 0.462. The maximum absolute atomic E-state index is 12.3. The smallest absolute Gasteiger partial charge is 0.255 e. The second kappa shape index (κ2) is 5.19. The zero-order valence-electron chi connectivity index (χ0n) is 9.82. The molecule has 1 amide bonds. The first-order valence-corrected chi connectivity index (χ1v) is 6.57. The Morgan fingerprint density at radius 1 is 1.59 bits per heavy atom. The number of hydrogen-bond acceptors (Lipinski definition) is 2. The maximum atomic E-state index is 12.3. The van der Waals surface area contributed by atoms with E-state index in [1.54, 1.807) is 0 Å². The summed E-state index contributed by atoms with van der Waals surface area (Å²) < 4.78 is 0.834. The molecule has 0 aliphatic carbocycles. The van der Waals surface area contributed by atoms with Crippen LogP contribution in [0.5, 0.6) is 0 Å². The Balaban J connectivity index is 2.17. The highest BCUT2D eigenvalue weighted by Crippen LogP contribution is 2.23. The van der Waals surface area contributed by atoms with Crippen molar-refractivity contribution in [1.29, 1.82) is 0 Å². The molecule has 0 bridgehead atoms. The Hall–Kier alpha value is -0.870. The highest BCUT2D eigenvalue weighted by atomic mass is 79.9. The highest BCUT2D eigenvalue weighted by molar-refractivity contribution is 9.10. The van der Waals surface area contributed by atoms with Gasteiger partial charge in [0, 0.05) is 30.1 Å². The lowest BCUT2D eigenvalue weighted by atomic mass is 10.1. The van der Waals surface area contributed by atoms with Crippen molar-refractivity contribution in [2.24, 2.45) is 5.92 Å². The van der Waals surface area contributed by atoms with Crippen molar-refractivity contribution in [2.45, 2.75) is 13.3 Å². The second-order valence-corrected chi connectivity index (χ2v) is 5.43. The van der Waals surface area contributed by atoms with Crippen LogP contribution in [0.2, 0.25) is 0 Å². The lowest BCUT2D eigenvalue weighted by Gasteiger charge is -2.17. The molecule has 3 nitrogen and oxygen atoms in total. The van der Waals surface area contributed by atoms with Crippen LogP contribution in [0, 0.1) is 12.8 Å². The zero-order valence-corrected chi connectivity index (χ0v) is 11.4. The van der Waals surface area contributed by atoms with Gasteiger partial charge in [0.2, 0.25) is 0 Å². The Kier molecular flexibility index (Phi) is 3.84. The molecular weight excluding hydrogens is 282 g/mol. The minimum atomic E-state index is 0.0523. The molecule has 1 heterocycles. The van der Waals surface area contributed by atoms with Crippen LogP contribution in [0.15, 0.2) is 22.7 Å². The number of nitrogens with zero attached hydrogens (tertiary/aromatic N) is 1. The summed E-state index contributed by atoms with van der Waals surface area (Å²) in [5.74, 6) is 0.291. The molecule has 1 aliphatic heterocycles. The van der Waals surface area contributed by atoms with E-state index in [-0.39, 0.29) is 18.4 Å². The number of benzene rings is 1. The molecule has 17 heavy (non-hydrogen) atoms. The quantitative estimate of drug-likeness (QED) is 0.909. The van der Waals surface area contributed by atoms with Gasteiger partial charge in [-0.05, 0) is 41.4 Å². The molecule has 0 radical (unpaired) electrons. The Labute approximate surface area is 110 Å². The summed E-state index contributed by atoms with van der Waals surface area (Å²) in [7, 11) is 0. The van der Waals surface area contributed by atoms with E-state index in [9.17, 15) is 4.79 Å². The first kappa shape index (κ1) is 12.6. The molecule has 1 unspecified atom stereocenters. The average Bonchev–Trinajstić information content (AvgIpc) is 2.80. The van der Waals surface area contributed by atoms with Gasteiger partial charge in [0.05, 0.1) is 5.56 Å². The van der Waals surface area contributed by atoms with Crippen molar-refractivity contribution in [3.05, 3.63) is 33.8 Å². The average molecular weight is 298 g/mol.